The van der Waals surface area contributed by atoms with E-state index in [1.54, 1.807) is 11.6 Å². The molecule has 3 rings (SSSR count). The Morgan fingerprint density at radius 1 is 1.24 bits per heavy atom. The van der Waals surface area contributed by atoms with E-state index in [0.717, 1.165) is 24.8 Å². The summed E-state index contributed by atoms with van der Waals surface area (Å²) in [5, 5.41) is 8.10. The van der Waals surface area contributed by atoms with Crippen LogP contribution in [-0.4, -0.2) is 34.3 Å². The van der Waals surface area contributed by atoms with Crippen molar-refractivity contribution in [3.8, 4) is 0 Å². The highest BCUT2D eigenvalue weighted by molar-refractivity contribution is 6.31. The van der Waals surface area contributed by atoms with Crippen LogP contribution in [0.3, 0.4) is 0 Å². The zero-order valence-electron chi connectivity index (χ0n) is 17.2. The number of nitrogens with zero attached hydrogens (tertiary/aromatic N) is 2. The highest BCUT2D eigenvalue weighted by atomic mass is 35.5. The molecule has 0 saturated heterocycles. The first kappa shape index (κ1) is 21.4. The lowest BCUT2D eigenvalue weighted by molar-refractivity contribution is -0.125. The van der Waals surface area contributed by atoms with Gasteiger partial charge in [-0.15, -0.1) is 0 Å². The van der Waals surface area contributed by atoms with Gasteiger partial charge in [0.15, 0.2) is 6.61 Å². The van der Waals surface area contributed by atoms with Gasteiger partial charge in [0.1, 0.15) is 5.56 Å². The Labute approximate surface area is 176 Å². The number of carbonyl (C=O) groups excluding carboxylic acids is 2. The van der Waals surface area contributed by atoms with Crippen molar-refractivity contribution in [1.82, 2.24) is 15.1 Å². The highest BCUT2D eigenvalue weighted by Crippen LogP contribution is 2.24. The molecular formula is C22H28ClN3O3. The predicted molar refractivity (Wildman–Crippen MR) is 112 cm³/mol. The lowest BCUT2D eigenvalue weighted by Gasteiger charge is -2.29. The number of amides is 1. The van der Waals surface area contributed by atoms with E-state index in [-0.39, 0.29) is 18.6 Å². The van der Waals surface area contributed by atoms with E-state index in [1.807, 2.05) is 31.2 Å². The Bertz CT molecular complexity index is 893. The molecule has 29 heavy (non-hydrogen) atoms. The number of hydrogen-bond donors (Lipinski definition) is 1. The molecule has 2 aromatic rings. The fourth-order valence-corrected chi connectivity index (χ4v) is 4.11. The standard InChI is InChI=1S/C22H28ClN3O3/c1-14-8-4-7-11-19(14)24-20(27)13-29-22(28)21-15(2)25-26(16(21)3)12-17-9-5-6-10-18(17)23/h5-6,9-10,14,19H,4,7-8,11-13H2,1-3H3,(H,24,27)/t14-,19-/m0/s1. The van der Waals surface area contributed by atoms with Gasteiger partial charge < -0.3 is 10.1 Å². The van der Waals surface area contributed by atoms with Crippen LogP contribution < -0.4 is 5.32 Å². The molecule has 1 fully saturated rings. The number of hydrogen-bond acceptors (Lipinski definition) is 4. The number of rotatable bonds is 6. The van der Waals surface area contributed by atoms with Crippen LogP contribution in [0.25, 0.3) is 0 Å². The van der Waals surface area contributed by atoms with Crippen LogP contribution in [0, 0.1) is 19.8 Å². The molecule has 6 nitrogen and oxygen atoms in total. The van der Waals surface area contributed by atoms with Gasteiger partial charge in [0, 0.05) is 11.1 Å². The van der Waals surface area contributed by atoms with Gasteiger partial charge in [-0.05, 0) is 44.2 Å². The summed E-state index contributed by atoms with van der Waals surface area (Å²) in [6.45, 7) is 5.90. The Morgan fingerprint density at radius 2 is 1.97 bits per heavy atom. The van der Waals surface area contributed by atoms with Crippen LogP contribution in [0.5, 0.6) is 0 Å². The third-order valence-electron chi connectivity index (χ3n) is 5.66. The second-order valence-electron chi connectivity index (χ2n) is 7.81. The third kappa shape index (κ3) is 5.18. The summed E-state index contributed by atoms with van der Waals surface area (Å²) in [7, 11) is 0. The van der Waals surface area contributed by atoms with E-state index in [4.69, 9.17) is 16.3 Å². The highest BCUT2D eigenvalue weighted by Gasteiger charge is 2.25. The van der Waals surface area contributed by atoms with E-state index >= 15 is 0 Å². The van der Waals surface area contributed by atoms with Crippen LogP contribution in [0.15, 0.2) is 24.3 Å². The largest absolute Gasteiger partial charge is 0.452 e. The molecule has 1 amide bonds. The molecule has 1 aromatic heterocycles. The van der Waals surface area contributed by atoms with Crippen LogP contribution in [-0.2, 0) is 16.1 Å². The Hall–Kier alpha value is -2.34. The van der Waals surface area contributed by atoms with Gasteiger partial charge in [-0.25, -0.2) is 4.79 Å². The van der Waals surface area contributed by atoms with Gasteiger partial charge in [0.05, 0.1) is 17.9 Å². The first-order valence-corrected chi connectivity index (χ1v) is 10.5. The molecule has 1 N–H and O–H groups in total. The molecule has 1 aliphatic rings. The molecule has 1 heterocycles. The molecule has 0 unspecified atom stereocenters. The number of nitrogens with one attached hydrogen (secondary N) is 1. The van der Waals surface area contributed by atoms with Gasteiger partial charge in [-0.3, -0.25) is 9.48 Å². The average Bonchev–Trinajstić information content (AvgIpc) is 2.97. The minimum Gasteiger partial charge on any atom is -0.452 e. The van der Waals surface area contributed by atoms with E-state index in [2.05, 4.69) is 17.3 Å². The number of esters is 1. The summed E-state index contributed by atoms with van der Waals surface area (Å²) in [5.41, 5.74) is 2.58. The van der Waals surface area contributed by atoms with Crippen molar-refractivity contribution in [2.24, 2.45) is 5.92 Å². The van der Waals surface area contributed by atoms with Crippen LogP contribution in [0.4, 0.5) is 0 Å². The smallest absolute Gasteiger partial charge is 0.342 e. The average molecular weight is 418 g/mol. The summed E-state index contributed by atoms with van der Waals surface area (Å²) >= 11 is 6.23. The number of halogens is 1. The zero-order chi connectivity index (χ0) is 21.0. The van der Waals surface area contributed by atoms with E-state index in [9.17, 15) is 9.59 Å². The molecule has 156 valence electrons. The van der Waals surface area contributed by atoms with E-state index in [0.29, 0.717) is 34.4 Å². The fourth-order valence-electron chi connectivity index (χ4n) is 3.92. The molecule has 1 aromatic carbocycles. The summed E-state index contributed by atoms with van der Waals surface area (Å²) < 4.78 is 7.02. The van der Waals surface area contributed by atoms with Gasteiger partial charge in [0.25, 0.3) is 5.91 Å². The Balaban J connectivity index is 1.61. The maximum absolute atomic E-state index is 12.6. The first-order valence-electron chi connectivity index (χ1n) is 10.1. The van der Waals surface area contributed by atoms with Crippen molar-refractivity contribution in [2.75, 3.05) is 6.61 Å². The van der Waals surface area contributed by atoms with Crippen molar-refractivity contribution >= 4 is 23.5 Å². The van der Waals surface area contributed by atoms with Gasteiger partial charge in [-0.2, -0.15) is 5.10 Å². The van der Waals surface area contributed by atoms with Crippen molar-refractivity contribution in [3.05, 3.63) is 51.8 Å². The SMILES string of the molecule is Cc1nn(Cc2ccccc2Cl)c(C)c1C(=O)OCC(=O)N[C@H]1CCCC[C@@H]1C. The topological polar surface area (TPSA) is 73.2 Å². The summed E-state index contributed by atoms with van der Waals surface area (Å²) in [6, 6.07) is 7.69. The van der Waals surface area contributed by atoms with Crippen molar-refractivity contribution in [3.63, 3.8) is 0 Å². The number of benzene rings is 1. The quantitative estimate of drug-likeness (QED) is 0.719. The third-order valence-corrected chi connectivity index (χ3v) is 6.02. The van der Waals surface area contributed by atoms with Crippen LogP contribution in [0.2, 0.25) is 5.02 Å². The molecule has 1 aliphatic carbocycles. The van der Waals surface area contributed by atoms with Crippen LogP contribution in [0.1, 0.15) is 59.9 Å². The van der Waals surface area contributed by atoms with Crippen molar-refractivity contribution in [2.45, 2.75) is 59.0 Å². The maximum Gasteiger partial charge on any atom is 0.342 e. The molecule has 0 aliphatic heterocycles. The van der Waals surface area contributed by atoms with Crippen molar-refractivity contribution in [1.29, 1.82) is 0 Å². The predicted octanol–water partition coefficient (Wildman–Crippen LogP) is 4.05. The zero-order valence-corrected chi connectivity index (χ0v) is 18.0. The minimum atomic E-state index is -0.530. The van der Waals surface area contributed by atoms with E-state index < -0.39 is 5.97 Å². The van der Waals surface area contributed by atoms with Gasteiger partial charge >= 0.3 is 5.97 Å². The maximum atomic E-state index is 12.6. The number of ether oxygens (including phenoxy) is 1. The molecule has 0 spiro atoms. The number of carbonyl (C=O) groups is 2. The fraction of sp³-hybridized carbons (Fsp3) is 0.500. The normalized spacial score (nSPS) is 19.0. The summed E-state index contributed by atoms with van der Waals surface area (Å²) in [4.78, 5) is 24.8. The molecule has 0 bridgehead atoms. The molecule has 1 saturated carbocycles. The molecule has 0 radical (unpaired) electrons. The first-order chi connectivity index (χ1) is 13.9. The van der Waals surface area contributed by atoms with Crippen molar-refractivity contribution < 1.29 is 14.3 Å². The van der Waals surface area contributed by atoms with Gasteiger partial charge in [-0.1, -0.05) is 49.6 Å². The number of aromatic nitrogens is 2. The lowest BCUT2D eigenvalue weighted by Crippen LogP contribution is -2.42. The van der Waals surface area contributed by atoms with Crippen LogP contribution >= 0.6 is 11.6 Å². The Morgan fingerprint density at radius 3 is 2.69 bits per heavy atom. The van der Waals surface area contributed by atoms with Gasteiger partial charge in [0.2, 0.25) is 0 Å². The second-order valence-corrected chi connectivity index (χ2v) is 8.21. The summed E-state index contributed by atoms with van der Waals surface area (Å²) in [5.74, 6) is -0.330. The molecule has 2 atom stereocenters. The molecule has 7 heteroatoms. The number of aryl methyl sites for hydroxylation is 1. The molecular weight excluding hydrogens is 390 g/mol. The summed E-state index contributed by atoms with van der Waals surface area (Å²) in [6.07, 6.45) is 4.43. The minimum absolute atomic E-state index is 0.164. The van der Waals surface area contributed by atoms with E-state index in [1.165, 1.54) is 6.42 Å². The Kier molecular flexibility index (Phi) is 6.96. The lowest BCUT2D eigenvalue weighted by atomic mass is 9.86. The monoisotopic (exact) mass is 417 g/mol. The second kappa shape index (κ2) is 9.44.